The van der Waals surface area contributed by atoms with Crippen molar-refractivity contribution in [3.8, 4) is 5.69 Å². The Hall–Kier alpha value is -3.80. The van der Waals surface area contributed by atoms with Crippen LogP contribution in [0.5, 0.6) is 0 Å². The number of nitrogens with one attached hydrogen (secondary N) is 1. The van der Waals surface area contributed by atoms with Gasteiger partial charge >= 0.3 is 12.1 Å². The van der Waals surface area contributed by atoms with Crippen LogP contribution in [0, 0.1) is 0 Å². The molecule has 0 aliphatic carbocycles. The second-order valence-electron chi connectivity index (χ2n) is 5.69. The molecule has 2 aromatic heterocycles. The van der Waals surface area contributed by atoms with Crippen LogP contribution >= 0.6 is 0 Å². The van der Waals surface area contributed by atoms with Gasteiger partial charge in [-0.2, -0.15) is 13.2 Å². The first-order valence-electron chi connectivity index (χ1n) is 8.32. The number of halogens is 3. The number of carboxylic acids is 1. The number of aliphatic hydroxyl groups is 1. The number of carbonyl (C=O) groups is 2. The second-order valence-corrected chi connectivity index (χ2v) is 5.69. The lowest BCUT2D eigenvalue weighted by atomic mass is 10.1. The van der Waals surface area contributed by atoms with Gasteiger partial charge in [0.15, 0.2) is 5.69 Å². The molecule has 1 aromatic carbocycles. The highest BCUT2D eigenvalue weighted by atomic mass is 19.4. The summed E-state index contributed by atoms with van der Waals surface area (Å²) < 4.78 is 33.2. The molecule has 0 saturated heterocycles. The largest absolute Gasteiger partial charge is 0.490 e. The summed E-state index contributed by atoms with van der Waals surface area (Å²) in [7, 11) is 0. The molecule has 0 bridgehead atoms. The Bertz CT molecular complexity index is 965. The number of aliphatic hydroxyl groups excluding tert-OH is 1. The van der Waals surface area contributed by atoms with Gasteiger partial charge in [0.2, 0.25) is 0 Å². The summed E-state index contributed by atoms with van der Waals surface area (Å²) in [5.41, 5.74) is 1.69. The van der Waals surface area contributed by atoms with Crippen molar-refractivity contribution < 1.29 is 33.0 Å². The van der Waals surface area contributed by atoms with E-state index in [4.69, 9.17) is 9.90 Å². The zero-order valence-corrected chi connectivity index (χ0v) is 15.2. The minimum absolute atomic E-state index is 0.102. The van der Waals surface area contributed by atoms with E-state index < -0.39 is 18.2 Å². The van der Waals surface area contributed by atoms with Crippen LogP contribution in [-0.2, 0) is 4.79 Å². The predicted molar refractivity (Wildman–Crippen MR) is 96.6 cm³/mol. The molecule has 3 aromatic rings. The lowest BCUT2D eigenvalue weighted by Gasteiger charge is -2.11. The molecule has 1 atom stereocenters. The number of aliphatic carboxylic acids is 1. The Labute approximate surface area is 167 Å². The average Bonchev–Trinajstić information content (AvgIpc) is 3.23. The van der Waals surface area contributed by atoms with Gasteiger partial charge in [-0.1, -0.05) is 35.5 Å². The van der Waals surface area contributed by atoms with Crippen molar-refractivity contribution >= 4 is 11.9 Å². The number of benzene rings is 1. The molecule has 12 heteroatoms. The summed E-state index contributed by atoms with van der Waals surface area (Å²) in [6.45, 7) is 0.102. The number of alkyl halides is 3. The van der Waals surface area contributed by atoms with Crippen LogP contribution in [-0.4, -0.2) is 54.8 Å². The second kappa shape index (κ2) is 10.1. The van der Waals surface area contributed by atoms with E-state index in [-0.39, 0.29) is 18.1 Å². The SMILES string of the molecule is O=C(NC[C@H](O)c1ccccc1)c1cn(-c2ccncc2)nn1.O=C(O)C(F)(F)F. The fourth-order valence-corrected chi connectivity index (χ4v) is 2.06. The van der Waals surface area contributed by atoms with E-state index in [1.165, 1.54) is 10.9 Å². The first-order chi connectivity index (χ1) is 14.2. The highest BCUT2D eigenvalue weighted by Gasteiger charge is 2.38. The van der Waals surface area contributed by atoms with Crippen molar-refractivity contribution in [2.75, 3.05) is 6.54 Å². The van der Waals surface area contributed by atoms with E-state index in [9.17, 15) is 23.1 Å². The number of carboxylic acid groups (broad SMARTS) is 1. The van der Waals surface area contributed by atoms with Gasteiger partial charge in [0.05, 0.1) is 18.0 Å². The Morgan fingerprint density at radius 1 is 1.10 bits per heavy atom. The van der Waals surface area contributed by atoms with E-state index in [1.807, 2.05) is 18.2 Å². The number of carbonyl (C=O) groups excluding carboxylic acids is 1. The fraction of sp³-hybridized carbons (Fsp3) is 0.167. The molecular formula is C18H16F3N5O4. The number of hydrogen-bond donors (Lipinski definition) is 3. The van der Waals surface area contributed by atoms with Gasteiger partial charge < -0.3 is 15.5 Å². The minimum Gasteiger partial charge on any atom is -0.475 e. The minimum atomic E-state index is -5.08. The number of nitrogens with zero attached hydrogens (tertiary/aromatic N) is 4. The van der Waals surface area contributed by atoms with Gasteiger partial charge in [-0.05, 0) is 17.7 Å². The zero-order valence-electron chi connectivity index (χ0n) is 15.2. The molecule has 0 aliphatic rings. The van der Waals surface area contributed by atoms with Crippen LogP contribution < -0.4 is 5.32 Å². The van der Waals surface area contributed by atoms with E-state index >= 15 is 0 Å². The Morgan fingerprint density at radius 3 is 2.27 bits per heavy atom. The molecule has 0 fully saturated rings. The monoisotopic (exact) mass is 423 g/mol. The number of rotatable bonds is 5. The van der Waals surface area contributed by atoms with Crippen molar-refractivity contribution in [2.24, 2.45) is 0 Å². The van der Waals surface area contributed by atoms with Crippen molar-refractivity contribution in [1.82, 2.24) is 25.3 Å². The number of amides is 1. The molecule has 0 spiro atoms. The van der Waals surface area contributed by atoms with Crippen molar-refractivity contribution in [2.45, 2.75) is 12.3 Å². The number of aromatic nitrogens is 4. The topological polar surface area (TPSA) is 130 Å². The maximum atomic E-state index is 12.1. The maximum absolute atomic E-state index is 12.1. The third-order valence-electron chi connectivity index (χ3n) is 3.54. The first kappa shape index (κ1) is 22.5. The Balaban J connectivity index is 0.000000396. The molecule has 0 aliphatic heterocycles. The van der Waals surface area contributed by atoms with Crippen LogP contribution in [0.4, 0.5) is 13.2 Å². The molecule has 9 nitrogen and oxygen atoms in total. The summed E-state index contributed by atoms with van der Waals surface area (Å²) >= 11 is 0. The van der Waals surface area contributed by atoms with Gasteiger partial charge in [0.1, 0.15) is 0 Å². The molecule has 158 valence electrons. The third-order valence-corrected chi connectivity index (χ3v) is 3.54. The summed E-state index contributed by atoms with van der Waals surface area (Å²) in [5.74, 6) is -3.15. The molecule has 30 heavy (non-hydrogen) atoms. The van der Waals surface area contributed by atoms with E-state index in [0.717, 1.165) is 11.3 Å². The summed E-state index contributed by atoms with van der Waals surface area (Å²) in [5, 5.41) is 27.6. The van der Waals surface area contributed by atoms with Gasteiger partial charge in [-0.15, -0.1) is 5.10 Å². The van der Waals surface area contributed by atoms with Gasteiger partial charge in [0, 0.05) is 18.9 Å². The van der Waals surface area contributed by atoms with Crippen LogP contribution in [0.3, 0.4) is 0 Å². The molecule has 2 heterocycles. The fourth-order valence-electron chi connectivity index (χ4n) is 2.06. The normalized spacial score (nSPS) is 11.7. The molecule has 3 N–H and O–H groups in total. The lowest BCUT2D eigenvalue weighted by molar-refractivity contribution is -0.192. The summed E-state index contributed by atoms with van der Waals surface area (Å²) in [6, 6.07) is 12.7. The maximum Gasteiger partial charge on any atom is 0.490 e. The van der Waals surface area contributed by atoms with E-state index in [0.29, 0.717) is 0 Å². The van der Waals surface area contributed by atoms with Crippen molar-refractivity contribution in [3.63, 3.8) is 0 Å². The van der Waals surface area contributed by atoms with Crippen LogP contribution in [0.2, 0.25) is 0 Å². The molecule has 0 saturated carbocycles. The summed E-state index contributed by atoms with van der Waals surface area (Å²) in [6.07, 6.45) is -1.06. The number of hydrogen-bond acceptors (Lipinski definition) is 6. The van der Waals surface area contributed by atoms with Crippen LogP contribution in [0.25, 0.3) is 5.69 Å². The van der Waals surface area contributed by atoms with Crippen LogP contribution in [0.1, 0.15) is 22.2 Å². The Kier molecular flexibility index (Phi) is 7.58. The van der Waals surface area contributed by atoms with Gasteiger partial charge in [-0.3, -0.25) is 9.78 Å². The van der Waals surface area contributed by atoms with E-state index in [1.54, 1.807) is 36.7 Å². The predicted octanol–water partition coefficient (Wildman–Crippen LogP) is 1.76. The average molecular weight is 423 g/mol. The standard InChI is InChI=1S/C16H15N5O2.C2HF3O2/c22-15(12-4-2-1-3-5-12)10-18-16(23)14-11-21(20-19-14)13-6-8-17-9-7-13;3-2(4,5)1(6)7/h1-9,11,15,22H,10H2,(H,18,23);(H,6,7)/t15-;/m0./s1. The molecule has 0 unspecified atom stereocenters. The highest BCUT2D eigenvalue weighted by molar-refractivity contribution is 5.91. The summed E-state index contributed by atoms with van der Waals surface area (Å²) in [4.78, 5) is 24.9. The highest BCUT2D eigenvalue weighted by Crippen LogP contribution is 2.13. The van der Waals surface area contributed by atoms with E-state index in [2.05, 4.69) is 20.6 Å². The zero-order chi connectivity index (χ0) is 22.1. The molecule has 0 radical (unpaired) electrons. The lowest BCUT2D eigenvalue weighted by Crippen LogP contribution is -2.28. The first-order valence-corrected chi connectivity index (χ1v) is 8.32. The number of pyridine rings is 1. The van der Waals surface area contributed by atoms with Gasteiger partial charge in [-0.25, -0.2) is 9.48 Å². The van der Waals surface area contributed by atoms with Gasteiger partial charge in [0.25, 0.3) is 5.91 Å². The quantitative estimate of drug-likeness (QED) is 0.570. The van der Waals surface area contributed by atoms with Crippen molar-refractivity contribution in [3.05, 3.63) is 72.3 Å². The Morgan fingerprint density at radius 2 is 1.70 bits per heavy atom. The molecule has 3 rings (SSSR count). The molecule has 1 amide bonds. The third kappa shape index (κ3) is 6.67. The smallest absolute Gasteiger partial charge is 0.475 e. The van der Waals surface area contributed by atoms with Crippen LogP contribution in [0.15, 0.2) is 61.1 Å². The molecular weight excluding hydrogens is 407 g/mol. The van der Waals surface area contributed by atoms with Crippen molar-refractivity contribution in [1.29, 1.82) is 0 Å².